The van der Waals surface area contributed by atoms with E-state index < -0.39 is 40.4 Å². The first-order chi connectivity index (χ1) is 19.6. The highest BCUT2D eigenvalue weighted by molar-refractivity contribution is 6.03. The van der Waals surface area contributed by atoms with Crippen molar-refractivity contribution in [1.82, 2.24) is 0 Å². The number of nitrogens with zero attached hydrogens (tertiary/aromatic N) is 1. The van der Waals surface area contributed by atoms with Crippen LogP contribution in [-0.4, -0.2) is 17.3 Å². The van der Waals surface area contributed by atoms with Crippen LogP contribution in [-0.2, 0) is 10.2 Å². The van der Waals surface area contributed by atoms with Crippen LogP contribution in [0, 0.1) is 29.1 Å². The molecule has 0 spiro atoms. The second-order valence-electron chi connectivity index (χ2n) is 10.9. The molecule has 3 aliphatic rings. The molecule has 0 saturated heterocycles. The molecule has 0 fully saturated rings. The first-order valence-corrected chi connectivity index (χ1v) is 13.4. The number of hydrogen-bond acceptors (Lipinski definition) is 1. The molecule has 2 nitrogen and oxygen atoms in total. The molecule has 7 heteroatoms. The Labute approximate surface area is 235 Å². The van der Waals surface area contributed by atoms with Crippen molar-refractivity contribution < 1.29 is 31.3 Å². The van der Waals surface area contributed by atoms with Crippen molar-refractivity contribution in [2.45, 2.75) is 38.5 Å². The zero-order chi connectivity index (χ0) is 29.1. The molecule has 1 aliphatic carbocycles. The van der Waals surface area contributed by atoms with Crippen LogP contribution in [0.2, 0.25) is 0 Å². The van der Waals surface area contributed by atoms with Gasteiger partial charge in [0.15, 0.2) is 29.0 Å². The summed E-state index contributed by atoms with van der Waals surface area (Å²) < 4.78 is 80.4. The van der Waals surface area contributed by atoms with Crippen LogP contribution < -0.4 is 0 Å². The summed E-state index contributed by atoms with van der Waals surface area (Å²) in [6, 6.07) is 17.3. The summed E-state index contributed by atoms with van der Waals surface area (Å²) in [5.74, 6) is -10.1. The molecule has 208 valence electrons. The first-order valence-electron chi connectivity index (χ1n) is 13.4. The Morgan fingerprint density at radius 2 is 1.41 bits per heavy atom. The van der Waals surface area contributed by atoms with E-state index in [1.54, 1.807) is 0 Å². The Morgan fingerprint density at radius 1 is 0.780 bits per heavy atom. The van der Waals surface area contributed by atoms with E-state index >= 15 is 0 Å². The number of hydrogen-bond donors (Lipinski definition) is 0. The van der Waals surface area contributed by atoms with Gasteiger partial charge in [0.2, 0.25) is 11.5 Å². The van der Waals surface area contributed by atoms with Gasteiger partial charge < -0.3 is 4.74 Å². The van der Waals surface area contributed by atoms with Crippen molar-refractivity contribution in [1.29, 1.82) is 0 Å². The molecule has 0 N–H and O–H groups in total. The van der Waals surface area contributed by atoms with Crippen LogP contribution in [0.4, 0.5) is 27.6 Å². The molecular formula is C34H27F5NO+. The Bertz CT molecular complexity index is 1730. The molecule has 3 aromatic rings. The molecule has 41 heavy (non-hydrogen) atoms. The van der Waals surface area contributed by atoms with Crippen LogP contribution >= 0.6 is 0 Å². The lowest BCUT2D eigenvalue weighted by molar-refractivity contribution is -0.401. The topological polar surface area (TPSA) is 12.2 Å². The van der Waals surface area contributed by atoms with Crippen molar-refractivity contribution in [3.63, 3.8) is 0 Å². The minimum Gasteiger partial charge on any atom is -0.456 e. The predicted molar refractivity (Wildman–Crippen MR) is 149 cm³/mol. The van der Waals surface area contributed by atoms with Gasteiger partial charge in [-0.25, -0.2) is 22.0 Å². The average molecular weight is 561 g/mol. The van der Waals surface area contributed by atoms with Crippen molar-refractivity contribution in [2.24, 2.45) is 0 Å². The number of halogens is 5. The third-order valence-electron chi connectivity index (χ3n) is 8.18. The Kier molecular flexibility index (Phi) is 6.56. The van der Waals surface area contributed by atoms with Crippen molar-refractivity contribution >= 4 is 22.7 Å². The largest absolute Gasteiger partial charge is 0.456 e. The fourth-order valence-corrected chi connectivity index (χ4v) is 6.08. The number of para-hydroxylation sites is 1. The number of allylic oxidation sites excluding steroid dienone is 6. The zero-order valence-corrected chi connectivity index (χ0v) is 22.8. The van der Waals surface area contributed by atoms with Gasteiger partial charge in [0.1, 0.15) is 18.6 Å². The lowest BCUT2D eigenvalue weighted by Crippen LogP contribution is -2.26. The SMILES string of the molecule is C[N+]1=C(/C=C/C2=C3OC(c4c(F)c(F)c(F)c(F)c4F)=CC(c4ccccc4)=C3CCC2)C(C)(C)c2ccccc21. The van der Waals surface area contributed by atoms with Crippen LogP contribution in [0.3, 0.4) is 0 Å². The molecule has 0 aromatic heterocycles. The quantitative estimate of drug-likeness (QED) is 0.134. The highest BCUT2D eigenvalue weighted by Crippen LogP contribution is 2.45. The van der Waals surface area contributed by atoms with E-state index in [4.69, 9.17) is 4.74 Å². The normalized spacial score (nSPS) is 18.1. The Balaban J connectivity index is 1.52. The van der Waals surface area contributed by atoms with Gasteiger partial charge in [0.05, 0.1) is 11.0 Å². The zero-order valence-electron chi connectivity index (χ0n) is 22.8. The molecule has 0 atom stereocenters. The number of benzene rings is 3. The van der Waals surface area contributed by atoms with Gasteiger partial charge >= 0.3 is 0 Å². The molecule has 0 amide bonds. The van der Waals surface area contributed by atoms with Crippen molar-refractivity contribution in [2.75, 3.05) is 7.05 Å². The second kappa shape index (κ2) is 9.98. The number of ether oxygens (including phenoxy) is 1. The average Bonchev–Trinajstić information content (AvgIpc) is 3.18. The second-order valence-corrected chi connectivity index (χ2v) is 10.9. The summed E-state index contributed by atoms with van der Waals surface area (Å²) in [6.07, 6.45) is 7.39. The van der Waals surface area contributed by atoms with Crippen LogP contribution in [0.1, 0.15) is 49.8 Å². The molecule has 2 aliphatic heterocycles. The molecule has 6 rings (SSSR count). The van der Waals surface area contributed by atoms with Crippen LogP contribution in [0.5, 0.6) is 0 Å². The highest BCUT2D eigenvalue weighted by atomic mass is 19.2. The molecule has 2 heterocycles. The molecule has 0 saturated carbocycles. The maximum Gasteiger partial charge on any atom is 0.209 e. The summed E-state index contributed by atoms with van der Waals surface area (Å²) >= 11 is 0. The van der Waals surface area contributed by atoms with E-state index in [9.17, 15) is 22.0 Å². The van der Waals surface area contributed by atoms with E-state index in [1.165, 1.54) is 11.6 Å². The third kappa shape index (κ3) is 4.26. The molecule has 0 unspecified atom stereocenters. The van der Waals surface area contributed by atoms with Crippen LogP contribution in [0.15, 0.2) is 89.7 Å². The van der Waals surface area contributed by atoms with E-state index in [0.717, 1.165) is 34.5 Å². The van der Waals surface area contributed by atoms with Gasteiger partial charge in [-0.3, -0.25) is 0 Å². The summed E-state index contributed by atoms with van der Waals surface area (Å²) in [5, 5.41) is 0. The molecule has 0 bridgehead atoms. The standard InChI is InChI=1S/C34H27F5NO/c1-34(2)23-14-7-8-15-24(23)40(3)26(34)17-16-20-12-9-13-21-22(19-10-5-4-6-11-19)18-25(41-33(20)21)27-28(35)30(37)32(39)31(38)29(27)36/h4-8,10-11,14-18H,9,12-13H2,1-3H3/q+1/b17-16+. The third-order valence-corrected chi connectivity index (χ3v) is 8.18. The van der Waals surface area contributed by atoms with Gasteiger partial charge in [-0.1, -0.05) is 48.5 Å². The summed E-state index contributed by atoms with van der Waals surface area (Å²) in [6.45, 7) is 4.29. The minimum absolute atomic E-state index is 0.274. The minimum atomic E-state index is -2.21. The summed E-state index contributed by atoms with van der Waals surface area (Å²) in [5.41, 5.74) is 4.96. The first kappa shape index (κ1) is 26.9. The lowest BCUT2D eigenvalue weighted by Gasteiger charge is -2.29. The fraction of sp³-hybridized carbons (Fsp3) is 0.206. The smallest absolute Gasteiger partial charge is 0.209 e. The van der Waals surface area contributed by atoms with Gasteiger partial charge in [0, 0.05) is 23.3 Å². The maximum absolute atomic E-state index is 15.0. The van der Waals surface area contributed by atoms with Gasteiger partial charge in [-0.05, 0) is 62.0 Å². The van der Waals surface area contributed by atoms with Gasteiger partial charge in [0.25, 0.3) is 0 Å². The monoisotopic (exact) mass is 560 g/mol. The summed E-state index contributed by atoms with van der Waals surface area (Å²) in [7, 11) is 2.01. The van der Waals surface area contributed by atoms with E-state index in [-0.39, 0.29) is 5.41 Å². The lowest BCUT2D eigenvalue weighted by atomic mass is 9.80. The van der Waals surface area contributed by atoms with Gasteiger partial charge in [-0.15, -0.1) is 0 Å². The Hall–Kier alpha value is -4.26. The van der Waals surface area contributed by atoms with E-state index in [2.05, 4.69) is 30.6 Å². The van der Waals surface area contributed by atoms with Crippen molar-refractivity contribution in [3.8, 4) is 0 Å². The number of rotatable bonds is 4. The highest BCUT2D eigenvalue weighted by Gasteiger charge is 2.42. The van der Waals surface area contributed by atoms with Crippen LogP contribution in [0.25, 0.3) is 11.3 Å². The van der Waals surface area contributed by atoms with Crippen molar-refractivity contribution in [3.05, 3.63) is 136 Å². The molecular weight excluding hydrogens is 533 g/mol. The fourth-order valence-electron chi connectivity index (χ4n) is 6.08. The predicted octanol–water partition coefficient (Wildman–Crippen LogP) is 8.91. The molecule has 0 radical (unpaired) electrons. The van der Waals surface area contributed by atoms with E-state index in [1.807, 2.05) is 61.7 Å². The van der Waals surface area contributed by atoms with E-state index in [0.29, 0.717) is 24.2 Å². The summed E-state index contributed by atoms with van der Waals surface area (Å²) in [4.78, 5) is 0. The number of fused-ring (bicyclic) bond motifs is 2. The Morgan fingerprint density at radius 3 is 2.10 bits per heavy atom. The van der Waals surface area contributed by atoms with Gasteiger partial charge in [-0.2, -0.15) is 4.58 Å². The molecule has 3 aromatic carbocycles. The maximum atomic E-state index is 15.0.